The number of nitrogens with zero attached hydrogens (tertiary/aromatic N) is 3. The molecule has 0 aliphatic carbocycles. The van der Waals surface area contributed by atoms with Crippen LogP contribution >= 0.6 is 0 Å². The molecule has 0 bridgehead atoms. The zero-order valence-corrected chi connectivity index (χ0v) is 13.0. The second kappa shape index (κ2) is 5.83. The number of likely N-dealkylation sites (tertiary alicyclic amines) is 2. The molecule has 0 radical (unpaired) electrons. The van der Waals surface area contributed by atoms with Gasteiger partial charge in [0.15, 0.2) is 0 Å². The summed E-state index contributed by atoms with van der Waals surface area (Å²) in [4.78, 5) is 30.0. The summed E-state index contributed by atoms with van der Waals surface area (Å²) >= 11 is 0. The molecule has 3 aliphatic heterocycles. The first kappa shape index (κ1) is 14.6. The third-order valence-electron chi connectivity index (χ3n) is 5.17. The Labute approximate surface area is 126 Å². The molecular formula is C15H26N4O2. The zero-order chi connectivity index (χ0) is 15.0. The fourth-order valence-corrected chi connectivity index (χ4v) is 3.89. The average Bonchev–Trinajstić information content (AvgIpc) is 3.07. The molecule has 3 aliphatic rings. The molecule has 21 heavy (non-hydrogen) atoms. The van der Waals surface area contributed by atoms with Gasteiger partial charge < -0.3 is 20.0 Å². The van der Waals surface area contributed by atoms with Crippen LogP contribution in [0.3, 0.4) is 0 Å². The Morgan fingerprint density at radius 3 is 2.38 bits per heavy atom. The lowest BCUT2D eigenvalue weighted by molar-refractivity contribution is -0.136. The normalized spacial score (nSPS) is 29.6. The minimum absolute atomic E-state index is 0.0563. The third kappa shape index (κ3) is 2.86. The summed E-state index contributed by atoms with van der Waals surface area (Å²) in [5.41, 5.74) is 0. The number of nitrogens with one attached hydrogen (secondary N) is 1. The molecule has 3 saturated heterocycles. The minimum Gasteiger partial charge on any atom is -0.341 e. The van der Waals surface area contributed by atoms with Gasteiger partial charge in [-0.15, -0.1) is 0 Å². The Morgan fingerprint density at radius 2 is 1.76 bits per heavy atom. The van der Waals surface area contributed by atoms with Crippen LogP contribution in [-0.4, -0.2) is 79.5 Å². The highest BCUT2D eigenvalue weighted by Crippen LogP contribution is 2.28. The van der Waals surface area contributed by atoms with E-state index in [0.29, 0.717) is 31.0 Å². The first-order valence-electron chi connectivity index (χ1n) is 8.04. The van der Waals surface area contributed by atoms with Gasteiger partial charge in [-0.25, -0.2) is 4.79 Å². The lowest BCUT2D eigenvalue weighted by Crippen LogP contribution is -2.47. The van der Waals surface area contributed by atoms with E-state index >= 15 is 0 Å². The molecule has 118 valence electrons. The number of rotatable bonds is 1. The number of carbonyl (C=O) groups excluding carboxylic acids is 2. The van der Waals surface area contributed by atoms with Crippen LogP contribution in [-0.2, 0) is 4.79 Å². The molecule has 0 aromatic carbocycles. The van der Waals surface area contributed by atoms with Crippen LogP contribution in [0.15, 0.2) is 0 Å². The second-order valence-corrected chi connectivity index (χ2v) is 6.79. The SMILES string of the molecule is CN(C)C(=O)N1CCC(C(=O)N2CC3CCNC3C2)CC1. The van der Waals surface area contributed by atoms with Crippen LogP contribution < -0.4 is 5.32 Å². The topological polar surface area (TPSA) is 55.9 Å². The fraction of sp³-hybridized carbons (Fsp3) is 0.867. The molecule has 6 heteroatoms. The molecule has 2 unspecified atom stereocenters. The first-order chi connectivity index (χ1) is 10.1. The van der Waals surface area contributed by atoms with Crippen molar-refractivity contribution in [2.24, 2.45) is 11.8 Å². The number of urea groups is 1. The van der Waals surface area contributed by atoms with Crippen molar-refractivity contribution in [2.75, 3.05) is 46.8 Å². The highest BCUT2D eigenvalue weighted by atomic mass is 16.2. The van der Waals surface area contributed by atoms with Gasteiger partial charge in [-0.2, -0.15) is 0 Å². The molecule has 3 amide bonds. The van der Waals surface area contributed by atoms with Gasteiger partial charge in [-0.05, 0) is 31.7 Å². The molecular weight excluding hydrogens is 268 g/mol. The minimum atomic E-state index is 0.0563. The lowest BCUT2D eigenvalue weighted by Gasteiger charge is -2.34. The van der Waals surface area contributed by atoms with Crippen molar-refractivity contribution in [1.29, 1.82) is 0 Å². The molecule has 3 fully saturated rings. The van der Waals surface area contributed by atoms with E-state index in [-0.39, 0.29) is 11.9 Å². The van der Waals surface area contributed by atoms with Gasteiger partial charge in [0.05, 0.1) is 0 Å². The first-order valence-corrected chi connectivity index (χ1v) is 8.04. The summed E-state index contributed by atoms with van der Waals surface area (Å²) in [7, 11) is 3.55. The lowest BCUT2D eigenvalue weighted by atomic mass is 9.95. The van der Waals surface area contributed by atoms with Crippen molar-refractivity contribution in [1.82, 2.24) is 20.0 Å². The van der Waals surface area contributed by atoms with E-state index in [9.17, 15) is 9.59 Å². The predicted molar refractivity (Wildman–Crippen MR) is 79.9 cm³/mol. The summed E-state index contributed by atoms with van der Waals surface area (Å²) in [6.45, 7) is 4.30. The summed E-state index contributed by atoms with van der Waals surface area (Å²) in [6.07, 6.45) is 2.81. The van der Waals surface area contributed by atoms with Crippen molar-refractivity contribution < 1.29 is 9.59 Å². The number of hydrogen-bond donors (Lipinski definition) is 1. The van der Waals surface area contributed by atoms with Crippen LogP contribution in [0.25, 0.3) is 0 Å². The van der Waals surface area contributed by atoms with Crippen LogP contribution in [0.2, 0.25) is 0 Å². The Morgan fingerprint density at radius 1 is 1.05 bits per heavy atom. The Bertz CT molecular complexity index is 406. The van der Waals surface area contributed by atoms with Crippen molar-refractivity contribution in [3.8, 4) is 0 Å². The number of carbonyl (C=O) groups is 2. The molecule has 0 aromatic rings. The zero-order valence-electron chi connectivity index (χ0n) is 13.0. The molecule has 0 aromatic heterocycles. The van der Waals surface area contributed by atoms with E-state index in [4.69, 9.17) is 0 Å². The highest BCUT2D eigenvalue weighted by Gasteiger charge is 2.40. The second-order valence-electron chi connectivity index (χ2n) is 6.79. The fourth-order valence-electron chi connectivity index (χ4n) is 3.89. The van der Waals surface area contributed by atoms with E-state index < -0.39 is 0 Å². The van der Waals surface area contributed by atoms with E-state index in [1.54, 1.807) is 19.0 Å². The van der Waals surface area contributed by atoms with E-state index in [1.807, 2.05) is 4.90 Å². The number of piperidine rings is 1. The molecule has 1 N–H and O–H groups in total. The maximum Gasteiger partial charge on any atom is 0.319 e. The van der Waals surface area contributed by atoms with Gasteiger partial charge in [-0.3, -0.25) is 4.79 Å². The molecule has 3 rings (SSSR count). The quantitative estimate of drug-likeness (QED) is 0.752. The van der Waals surface area contributed by atoms with Crippen LogP contribution in [0.4, 0.5) is 4.79 Å². The monoisotopic (exact) mass is 294 g/mol. The van der Waals surface area contributed by atoms with Gasteiger partial charge in [0, 0.05) is 52.2 Å². The Hall–Kier alpha value is -1.30. The largest absolute Gasteiger partial charge is 0.341 e. The van der Waals surface area contributed by atoms with E-state index in [2.05, 4.69) is 10.2 Å². The molecule has 0 spiro atoms. The average molecular weight is 294 g/mol. The van der Waals surface area contributed by atoms with Gasteiger partial charge in [0.2, 0.25) is 5.91 Å². The maximum atomic E-state index is 12.6. The predicted octanol–water partition coefficient (Wildman–Crippen LogP) is 0.200. The Balaban J connectivity index is 1.50. The van der Waals surface area contributed by atoms with Crippen LogP contribution in [0.1, 0.15) is 19.3 Å². The number of amides is 3. The van der Waals surface area contributed by atoms with Gasteiger partial charge >= 0.3 is 6.03 Å². The summed E-state index contributed by atoms with van der Waals surface area (Å²) < 4.78 is 0. The number of hydrogen-bond acceptors (Lipinski definition) is 3. The van der Waals surface area contributed by atoms with Gasteiger partial charge in [-0.1, -0.05) is 0 Å². The van der Waals surface area contributed by atoms with Crippen molar-refractivity contribution >= 4 is 11.9 Å². The summed E-state index contributed by atoms with van der Waals surface area (Å²) in [5.74, 6) is 1.07. The van der Waals surface area contributed by atoms with E-state index in [1.165, 1.54) is 6.42 Å². The highest BCUT2D eigenvalue weighted by molar-refractivity contribution is 5.80. The number of fused-ring (bicyclic) bond motifs is 1. The van der Waals surface area contributed by atoms with E-state index in [0.717, 1.165) is 32.5 Å². The third-order valence-corrected chi connectivity index (χ3v) is 5.17. The molecule has 2 atom stereocenters. The smallest absolute Gasteiger partial charge is 0.319 e. The molecule has 6 nitrogen and oxygen atoms in total. The summed E-state index contributed by atoms with van der Waals surface area (Å²) in [6, 6.07) is 0.574. The van der Waals surface area contributed by atoms with Crippen LogP contribution in [0.5, 0.6) is 0 Å². The standard InChI is InChI=1S/C15H26N4O2/c1-17(2)15(21)18-7-4-11(5-8-18)14(20)19-9-12-3-6-16-13(12)10-19/h11-13,16H,3-10H2,1-2H3. The van der Waals surface area contributed by atoms with Gasteiger partial charge in [0.1, 0.15) is 0 Å². The van der Waals surface area contributed by atoms with Crippen molar-refractivity contribution in [2.45, 2.75) is 25.3 Å². The molecule has 3 heterocycles. The summed E-state index contributed by atoms with van der Waals surface area (Å²) in [5, 5.41) is 3.49. The Kier molecular flexibility index (Phi) is 4.06. The van der Waals surface area contributed by atoms with Crippen molar-refractivity contribution in [3.63, 3.8) is 0 Å². The molecule has 0 saturated carbocycles. The van der Waals surface area contributed by atoms with Gasteiger partial charge in [0.25, 0.3) is 0 Å². The van der Waals surface area contributed by atoms with Crippen LogP contribution in [0, 0.1) is 11.8 Å². The maximum absolute atomic E-state index is 12.6. The van der Waals surface area contributed by atoms with Crippen molar-refractivity contribution in [3.05, 3.63) is 0 Å².